The molecule has 194 valence electrons. The number of benzene rings is 2. The summed E-state index contributed by atoms with van der Waals surface area (Å²) in [5.41, 5.74) is 5.52. The van der Waals surface area contributed by atoms with E-state index < -0.39 is 0 Å². The molecule has 7 nitrogen and oxygen atoms in total. The van der Waals surface area contributed by atoms with Gasteiger partial charge in [-0.15, -0.1) is 0 Å². The second kappa shape index (κ2) is 10.9. The number of pyridine rings is 2. The van der Waals surface area contributed by atoms with Crippen molar-refractivity contribution >= 4 is 34.9 Å². The van der Waals surface area contributed by atoms with E-state index in [1.165, 1.54) is 0 Å². The summed E-state index contributed by atoms with van der Waals surface area (Å²) in [6, 6.07) is 19.9. The highest BCUT2D eigenvalue weighted by molar-refractivity contribution is 8.05. The van der Waals surface area contributed by atoms with Crippen LogP contribution in [0.2, 0.25) is 0 Å². The van der Waals surface area contributed by atoms with E-state index in [2.05, 4.69) is 50.5 Å². The summed E-state index contributed by atoms with van der Waals surface area (Å²) in [5, 5.41) is 13.5. The number of aliphatic hydroxyl groups excluding tert-OH is 1. The fraction of sp³-hybridized carbons (Fsp3) is 0.241. The van der Waals surface area contributed by atoms with E-state index >= 15 is 0 Å². The zero-order valence-corrected chi connectivity index (χ0v) is 22.6. The van der Waals surface area contributed by atoms with Crippen LogP contribution in [0.15, 0.2) is 91.2 Å². The number of aromatic nitrogens is 2. The molecule has 0 spiro atoms. The number of fused-ring (bicyclic) bond motifs is 2. The van der Waals surface area contributed by atoms with Crippen molar-refractivity contribution in [2.24, 2.45) is 0 Å². The third-order valence-electron chi connectivity index (χ3n) is 6.67. The molecule has 4 heterocycles. The van der Waals surface area contributed by atoms with Crippen molar-refractivity contribution in [2.45, 2.75) is 32.5 Å². The second-order valence-electron chi connectivity index (χ2n) is 9.35. The van der Waals surface area contributed by atoms with Gasteiger partial charge in [-0.2, -0.15) is 0 Å². The van der Waals surface area contributed by atoms with Crippen LogP contribution in [0.3, 0.4) is 0 Å². The van der Waals surface area contributed by atoms with Crippen molar-refractivity contribution in [2.75, 3.05) is 43.1 Å². The van der Waals surface area contributed by atoms with Gasteiger partial charge in [0.2, 0.25) is 5.56 Å². The van der Waals surface area contributed by atoms with Gasteiger partial charge in [0.15, 0.2) is 0 Å². The Morgan fingerprint density at radius 2 is 1.92 bits per heavy atom. The Kier molecular flexibility index (Phi) is 7.16. The number of ether oxygens (including phenoxy) is 1. The molecule has 1 saturated heterocycles. The number of aromatic amines is 1. The number of hydrogen-bond donors (Lipinski definition) is 3. The van der Waals surface area contributed by atoms with Crippen LogP contribution in [0.1, 0.15) is 17.3 Å². The van der Waals surface area contributed by atoms with Crippen LogP contribution in [0.5, 0.6) is 0 Å². The van der Waals surface area contributed by atoms with E-state index in [1.807, 2.05) is 31.2 Å². The monoisotopic (exact) mass is 544 g/mol. The molecule has 6 rings (SSSR count). The standard InChI is InChI=1S/C29H28N4O3S2/c1-18-7-8-30-23(13-18)24(17-34)31-19-5-6-25-27(14-19)37-26-4-2-3-21(29(26)38-25)22-15-20(16-28(35)32-22)33-9-11-36-12-10-33/h2-8,13-16,24,31,34H,9-12,17H2,1H3,(H,32,35). The van der Waals surface area contributed by atoms with Crippen molar-refractivity contribution in [3.63, 3.8) is 0 Å². The molecular weight excluding hydrogens is 516 g/mol. The highest BCUT2D eigenvalue weighted by atomic mass is 32.2. The van der Waals surface area contributed by atoms with Crippen molar-refractivity contribution in [1.29, 1.82) is 0 Å². The average Bonchev–Trinajstić information content (AvgIpc) is 2.94. The maximum atomic E-state index is 12.6. The number of aliphatic hydroxyl groups is 1. The van der Waals surface area contributed by atoms with Crippen LogP contribution >= 0.6 is 23.5 Å². The van der Waals surface area contributed by atoms with Crippen LogP contribution in [0, 0.1) is 6.92 Å². The molecule has 3 N–H and O–H groups in total. The molecule has 0 aliphatic carbocycles. The average molecular weight is 545 g/mol. The first-order valence-electron chi connectivity index (χ1n) is 12.6. The Hall–Kier alpha value is -3.24. The lowest BCUT2D eigenvalue weighted by Gasteiger charge is -2.29. The van der Waals surface area contributed by atoms with Gasteiger partial charge in [-0.05, 0) is 55.0 Å². The number of nitrogens with one attached hydrogen (secondary N) is 2. The Morgan fingerprint density at radius 1 is 1.05 bits per heavy atom. The molecule has 2 aromatic carbocycles. The molecule has 2 aromatic heterocycles. The SMILES string of the molecule is Cc1ccnc(C(CO)Nc2ccc3c(c2)Sc2cccc(-c4cc(N5CCOCC5)cc(=O)[nH]4)c2S3)c1. The number of aryl methyl sites for hydroxylation is 1. The van der Waals surface area contributed by atoms with E-state index in [4.69, 9.17) is 4.74 Å². The Balaban J connectivity index is 1.28. The van der Waals surface area contributed by atoms with Gasteiger partial charge >= 0.3 is 0 Å². The Morgan fingerprint density at radius 3 is 2.74 bits per heavy atom. The van der Waals surface area contributed by atoms with Gasteiger partial charge in [0.25, 0.3) is 0 Å². The fourth-order valence-electron chi connectivity index (χ4n) is 4.75. The summed E-state index contributed by atoms with van der Waals surface area (Å²) < 4.78 is 5.48. The summed E-state index contributed by atoms with van der Waals surface area (Å²) in [5.74, 6) is 0. The van der Waals surface area contributed by atoms with E-state index in [1.54, 1.807) is 35.8 Å². The van der Waals surface area contributed by atoms with Crippen molar-refractivity contribution < 1.29 is 9.84 Å². The highest BCUT2D eigenvalue weighted by Crippen LogP contribution is 2.52. The molecule has 1 unspecified atom stereocenters. The van der Waals surface area contributed by atoms with Gasteiger partial charge < -0.3 is 25.0 Å². The normalized spacial score (nSPS) is 15.5. The second-order valence-corrected chi connectivity index (χ2v) is 11.5. The fourth-order valence-corrected chi connectivity index (χ4v) is 7.16. The lowest BCUT2D eigenvalue weighted by Crippen LogP contribution is -2.36. The molecule has 2 aliphatic rings. The van der Waals surface area contributed by atoms with Gasteiger partial charge in [-0.25, -0.2) is 0 Å². The van der Waals surface area contributed by atoms with Gasteiger partial charge in [-0.1, -0.05) is 35.7 Å². The summed E-state index contributed by atoms with van der Waals surface area (Å²) in [6.07, 6.45) is 1.77. The first-order valence-corrected chi connectivity index (χ1v) is 14.2. The summed E-state index contributed by atoms with van der Waals surface area (Å²) in [6.45, 7) is 4.87. The molecule has 0 saturated carbocycles. The molecule has 38 heavy (non-hydrogen) atoms. The predicted octanol–water partition coefficient (Wildman–Crippen LogP) is 5.34. The quantitative estimate of drug-likeness (QED) is 0.264. The van der Waals surface area contributed by atoms with Crippen molar-refractivity contribution in [1.82, 2.24) is 9.97 Å². The third kappa shape index (κ3) is 5.19. The molecule has 0 amide bonds. The maximum absolute atomic E-state index is 12.6. The molecule has 9 heteroatoms. The van der Waals surface area contributed by atoms with E-state index in [9.17, 15) is 9.90 Å². The summed E-state index contributed by atoms with van der Waals surface area (Å²) >= 11 is 3.43. The zero-order valence-electron chi connectivity index (χ0n) is 20.9. The number of nitrogens with zero attached hydrogens (tertiary/aromatic N) is 2. The molecule has 2 aliphatic heterocycles. The molecule has 0 radical (unpaired) electrons. The predicted molar refractivity (Wildman–Crippen MR) is 153 cm³/mol. The summed E-state index contributed by atoms with van der Waals surface area (Å²) in [7, 11) is 0. The number of morpholine rings is 1. The maximum Gasteiger partial charge on any atom is 0.250 e. The smallest absolute Gasteiger partial charge is 0.250 e. The van der Waals surface area contributed by atoms with Crippen LogP contribution in [0.4, 0.5) is 11.4 Å². The third-order valence-corrected chi connectivity index (χ3v) is 9.26. The number of anilines is 2. The van der Waals surface area contributed by atoms with Gasteiger partial charge in [0.05, 0.1) is 37.3 Å². The molecule has 1 atom stereocenters. The first-order chi connectivity index (χ1) is 18.6. The Labute approximate surface area is 229 Å². The van der Waals surface area contributed by atoms with Gasteiger partial charge in [0, 0.05) is 61.9 Å². The topological polar surface area (TPSA) is 90.5 Å². The lowest BCUT2D eigenvalue weighted by atomic mass is 10.1. The Bertz CT molecular complexity index is 1530. The van der Waals surface area contributed by atoms with Crippen molar-refractivity contribution in [3.8, 4) is 11.3 Å². The molecular formula is C29H28N4O3S2. The largest absolute Gasteiger partial charge is 0.394 e. The van der Waals surface area contributed by atoms with E-state index in [0.29, 0.717) is 13.2 Å². The highest BCUT2D eigenvalue weighted by Gasteiger charge is 2.23. The lowest BCUT2D eigenvalue weighted by molar-refractivity contribution is 0.122. The van der Waals surface area contributed by atoms with E-state index in [-0.39, 0.29) is 18.2 Å². The van der Waals surface area contributed by atoms with Crippen LogP contribution in [-0.2, 0) is 4.74 Å². The van der Waals surface area contributed by atoms with Crippen LogP contribution in [0.25, 0.3) is 11.3 Å². The molecule has 1 fully saturated rings. The molecule has 0 bridgehead atoms. The van der Waals surface area contributed by atoms with Gasteiger partial charge in [-0.3, -0.25) is 9.78 Å². The van der Waals surface area contributed by atoms with Gasteiger partial charge in [0.1, 0.15) is 0 Å². The number of H-pyrrole nitrogens is 1. The minimum absolute atomic E-state index is 0.0522. The minimum Gasteiger partial charge on any atom is -0.394 e. The van der Waals surface area contributed by atoms with Crippen LogP contribution in [-0.4, -0.2) is 48.0 Å². The summed E-state index contributed by atoms with van der Waals surface area (Å²) in [4.78, 5) is 26.9. The van der Waals surface area contributed by atoms with Crippen LogP contribution < -0.4 is 15.8 Å². The molecule has 4 aromatic rings. The number of rotatable bonds is 6. The first kappa shape index (κ1) is 25.1. The number of hydrogen-bond acceptors (Lipinski definition) is 8. The van der Waals surface area contributed by atoms with Crippen molar-refractivity contribution in [3.05, 3.63) is 88.5 Å². The minimum atomic E-state index is -0.288. The van der Waals surface area contributed by atoms with E-state index in [0.717, 1.165) is 66.6 Å². The zero-order chi connectivity index (χ0) is 26.1.